The number of nitrogens with two attached hydrogens (primary N) is 1. The molecule has 1 atom stereocenters. The second kappa shape index (κ2) is 7.13. The van der Waals surface area contributed by atoms with E-state index in [1.165, 1.54) is 0 Å². The van der Waals surface area contributed by atoms with Crippen LogP contribution in [0.15, 0.2) is 53.7 Å². The van der Waals surface area contributed by atoms with Crippen molar-refractivity contribution in [3.8, 4) is 11.4 Å². The van der Waals surface area contributed by atoms with Crippen molar-refractivity contribution in [1.82, 2.24) is 14.8 Å². The third-order valence-corrected chi connectivity index (χ3v) is 5.29. The van der Waals surface area contributed by atoms with E-state index in [9.17, 15) is 4.79 Å². The van der Waals surface area contributed by atoms with Crippen LogP contribution in [0.4, 0.5) is 5.95 Å². The lowest BCUT2D eigenvalue weighted by molar-refractivity contribution is -0.115. The molecule has 1 aromatic heterocycles. The lowest BCUT2D eigenvalue weighted by Gasteiger charge is -2.28. The third kappa shape index (κ3) is 3.24. The van der Waals surface area contributed by atoms with Gasteiger partial charge in [0, 0.05) is 31.9 Å². The molecule has 2 heterocycles. The van der Waals surface area contributed by atoms with Gasteiger partial charge in [0.2, 0.25) is 11.9 Å². The highest BCUT2D eigenvalue weighted by Crippen LogP contribution is 2.39. The van der Waals surface area contributed by atoms with E-state index in [0.29, 0.717) is 43.7 Å². The van der Waals surface area contributed by atoms with E-state index in [1.54, 1.807) is 41.9 Å². The fourth-order valence-electron chi connectivity index (χ4n) is 3.20. The van der Waals surface area contributed by atoms with Crippen molar-refractivity contribution >= 4 is 46.7 Å². The standard InChI is InChI=1S/C19H14Cl3N5O/c1-9-15(17(23)28)16(13-7-6-12(21)8-14(13)22)27-19(24-9)25-18(26-27)10-2-4-11(20)5-3-10/h2-8,16H,1H3,(H2,23,28)(H,24,25,26). The van der Waals surface area contributed by atoms with Crippen LogP contribution in [0.1, 0.15) is 18.5 Å². The van der Waals surface area contributed by atoms with Gasteiger partial charge in [0.1, 0.15) is 6.04 Å². The van der Waals surface area contributed by atoms with E-state index < -0.39 is 11.9 Å². The summed E-state index contributed by atoms with van der Waals surface area (Å²) in [4.78, 5) is 16.8. The van der Waals surface area contributed by atoms with E-state index in [-0.39, 0.29) is 0 Å². The molecule has 1 amide bonds. The molecule has 142 valence electrons. The monoisotopic (exact) mass is 433 g/mol. The molecule has 9 heteroatoms. The zero-order valence-corrected chi connectivity index (χ0v) is 16.8. The Balaban J connectivity index is 1.90. The fraction of sp³-hybridized carbons (Fsp3) is 0.105. The molecule has 2 aromatic carbocycles. The molecule has 0 saturated carbocycles. The maximum Gasteiger partial charge on any atom is 0.248 e. The summed E-state index contributed by atoms with van der Waals surface area (Å²) in [6, 6.07) is 11.6. The molecule has 28 heavy (non-hydrogen) atoms. The number of allylic oxidation sites excluding steroid dienone is 1. The van der Waals surface area contributed by atoms with E-state index in [1.807, 2.05) is 12.1 Å². The smallest absolute Gasteiger partial charge is 0.248 e. The Bertz CT molecular complexity index is 1120. The fourth-order valence-corrected chi connectivity index (χ4v) is 3.84. The molecule has 0 spiro atoms. The number of anilines is 1. The number of nitrogens with one attached hydrogen (secondary N) is 1. The third-order valence-electron chi connectivity index (χ3n) is 4.48. The summed E-state index contributed by atoms with van der Waals surface area (Å²) in [6.07, 6.45) is 0. The SMILES string of the molecule is CC1=C(C(N)=O)C(c2ccc(Cl)cc2Cl)n2nc(-c3ccc(Cl)cc3)nc2N1. The van der Waals surface area contributed by atoms with Crippen LogP contribution >= 0.6 is 34.8 Å². The van der Waals surface area contributed by atoms with Gasteiger partial charge >= 0.3 is 0 Å². The highest BCUT2D eigenvalue weighted by molar-refractivity contribution is 6.35. The number of amides is 1. The Labute approximate surface area is 175 Å². The number of aromatic nitrogens is 3. The van der Waals surface area contributed by atoms with Crippen LogP contribution in [0.3, 0.4) is 0 Å². The number of benzene rings is 2. The van der Waals surface area contributed by atoms with Crippen LogP contribution in [-0.2, 0) is 4.79 Å². The van der Waals surface area contributed by atoms with Crippen molar-refractivity contribution in [2.24, 2.45) is 5.73 Å². The van der Waals surface area contributed by atoms with E-state index in [2.05, 4.69) is 15.4 Å². The van der Waals surface area contributed by atoms with Crippen molar-refractivity contribution in [1.29, 1.82) is 0 Å². The van der Waals surface area contributed by atoms with Crippen molar-refractivity contribution in [3.63, 3.8) is 0 Å². The Morgan fingerprint density at radius 3 is 2.43 bits per heavy atom. The average Bonchev–Trinajstić information content (AvgIpc) is 3.04. The quantitative estimate of drug-likeness (QED) is 0.627. The van der Waals surface area contributed by atoms with Gasteiger partial charge in [-0.05, 0) is 43.3 Å². The zero-order valence-electron chi connectivity index (χ0n) is 14.6. The predicted molar refractivity (Wildman–Crippen MR) is 111 cm³/mol. The lowest BCUT2D eigenvalue weighted by atomic mass is 9.95. The average molecular weight is 435 g/mol. The molecule has 0 aliphatic carbocycles. The second-order valence-electron chi connectivity index (χ2n) is 6.31. The Kier molecular flexibility index (Phi) is 4.79. The van der Waals surface area contributed by atoms with Gasteiger partial charge in [0.25, 0.3) is 0 Å². The summed E-state index contributed by atoms with van der Waals surface area (Å²) in [5.74, 6) is 0.381. The maximum absolute atomic E-state index is 12.2. The predicted octanol–water partition coefficient (Wildman–Crippen LogP) is 4.68. The van der Waals surface area contributed by atoms with Crippen LogP contribution < -0.4 is 11.1 Å². The number of primary amides is 1. The summed E-state index contributed by atoms with van der Waals surface area (Å²) in [5, 5.41) is 9.21. The summed E-state index contributed by atoms with van der Waals surface area (Å²) in [6.45, 7) is 1.76. The molecule has 1 aliphatic heterocycles. The molecule has 6 nitrogen and oxygen atoms in total. The normalized spacial score (nSPS) is 15.9. The first kappa shape index (κ1) is 18.8. The van der Waals surface area contributed by atoms with E-state index in [0.717, 1.165) is 5.56 Å². The van der Waals surface area contributed by atoms with Crippen LogP contribution in [0.5, 0.6) is 0 Å². The van der Waals surface area contributed by atoms with Gasteiger partial charge in [-0.15, -0.1) is 5.10 Å². The largest absolute Gasteiger partial charge is 0.366 e. The molecule has 0 bridgehead atoms. The molecule has 3 N–H and O–H groups in total. The van der Waals surface area contributed by atoms with Crippen LogP contribution in [0.25, 0.3) is 11.4 Å². The highest BCUT2D eigenvalue weighted by atomic mass is 35.5. The number of hydrogen-bond donors (Lipinski definition) is 2. The van der Waals surface area contributed by atoms with Gasteiger partial charge in [0.05, 0.1) is 5.57 Å². The first-order valence-electron chi connectivity index (χ1n) is 8.30. The van der Waals surface area contributed by atoms with Gasteiger partial charge in [-0.25, -0.2) is 4.68 Å². The Hall–Kier alpha value is -2.54. The van der Waals surface area contributed by atoms with Gasteiger partial charge in [-0.2, -0.15) is 4.98 Å². The Morgan fingerprint density at radius 1 is 1.11 bits per heavy atom. The minimum absolute atomic E-state index is 0.351. The first-order chi connectivity index (χ1) is 13.3. The molecule has 1 unspecified atom stereocenters. The minimum atomic E-state index is -0.632. The summed E-state index contributed by atoms with van der Waals surface area (Å²) in [7, 11) is 0. The van der Waals surface area contributed by atoms with Crippen molar-refractivity contribution in [2.45, 2.75) is 13.0 Å². The van der Waals surface area contributed by atoms with Gasteiger partial charge in [0.15, 0.2) is 5.82 Å². The molecule has 4 rings (SSSR count). The van der Waals surface area contributed by atoms with Crippen LogP contribution in [-0.4, -0.2) is 20.7 Å². The zero-order chi connectivity index (χ0) is 20.0. The number of hydrogen-bond acceptors (Lipinski definition) is 4. The number of carbonyl (C=O) groups is 1. The summed E-state index contributed by atoms with van der Waals surface area (Å²) >= 11 is 18.4. The topological polar surface area (TPSA) is 85.8 Å². The molecule has 0 fully saturated rings. The number of halogens is 3. The maximum atomic E-state index is 12.2. The molecule has 0 saturated heterocycles. The Morgan fingerprint density at radius 2 is 1.79 bits per heavy atom. The van der Waals surface area contributed by atoms with E-state index >= 15 is 0 Å². The summed E-state index contributed by atoms with van der Waals surface area (Å²) in [5.41, 5.74) is 8.05. The number of nitrogens with zero attached hydrogens (tertiary/aromatic N) is 3. The van der Waals surface area contributed by atoms with Crippen molar-refractivity contribution < 1.29 is 4.79 Å². The van der Waals surface area contributed by atoms with Crippen LogP contribution in [0.2, 0.25) is 15.1 Å². The molecule has 1 aliphatic rings. The number of carbonyl (C=O) groups excluding carboxylic acids is 1. The van der Waals surface area contributed by atoms with Crippen LogP contribution in [0, 0.1) is 0 Å². The van der Waals surface area contributed by atoms with Crippen molar-refractivity contribution in [2.75, 3.05) is 5.32 Å². The highest BCUT2D eigenvalue weighted by Gasteiger charge is 2.34. The number of rotatable bonds is 3. The molecule has 0 radical (unpaired) electrons. The van der Waals surface area contributed by atoms with Crippen molar-refractivity contribution in [3.05, 3.63) is 74.4 Å². The first-order valence-corrected chi connectivity index (χ1v) is 9.43. The summed E-state index contributed by atoms with van der Waals surface area (Å²) < 4.78 is 1.60. The molecule has 3 aromatic rings. The molecular weight excluding hydrogens is 421 g/mol. The van der Waals surface area contributed by atoms with Gasteiger partial charge < -0.3 is 11.1 Å². The van der Waals surface area contributed by atoms with Gasteiger partial charge in [-0.3, -0.25) is 4.79 Å². The van der Waals surface area contributed by atoms with E-state index in [4.69, 9.17) is 40.5 Å². The minimum Gasteiger partial charge on any atom is -0.366 e. The second-order valence-corrected chi connectivity index (χ2v) is 7.59. The molecular formula is C19H14Cl3N5O. The lowest BCUT2D eigenvalue weighted by Crippen LogP contribution is -2.32. The van der Waals surface area contributed by atoms with Gasteiger partial charge in [-0.1, -0.05) is 40.9 Å². The number of fused-ring (bicyclic) bond motifs is 1.